The Morgan fingerprint density at radius 2 is 1.76 bits per heavy atom. The largest absolute Gasteiger partial charge is 0.346 e. The van der Waals surface area contributed by atoms with Gasteiger partial charge in [-0.1, -0.05) is 51.8 Å². The Bertz CT molecular complexity index is 635. The van der Waals surface area contributed by atoms with Crippen LogP contribution in [-0.2, 0) is 4.79 Å². The Morgan fingerprint density at radius 1 is 1.14 bits per heavy atom. The second-order valence-corrected chi connectivity index (χ2v) is 6.02. The monoisotopic (exact) mass is 363 g/mol. The molecule has 0 aliphatic carbocycles. The fourth-order valence-electron chi connectivity index (χ4n) is 1.84. The maximum atomic E-state index is 11.9. The molecule has 1 amide bonds. The van der Waals surface area contributed by atoms with Crippen LogP contribution in [0.4, 0.5) is 0 Å². The lowest BCUT2D eigenvalue weighted by molar-refractivity contribution is -0.117. The van der Waals surface area contributed by atoms with Gasteiger partial charge < -0.3 is 5.32 Å². The topological polar surface area (TPSA) is 29.1 Å². The molecule has 0 aliphatic rings. The molecule has 2 nitrogen and oxygen atoms in total. The van der Waals surface area contributed by atoms with Gasteiger partial charge in [-0.2, -0.15) is 0 Å². The first kappa shape index (κ1) is 15.8. The molecule has 0 fully saturated rings. The molecule has 21 heavy (non-hydrogen) atoms. The van der Waals surface area contributed by atoms with Gasteiger partial charge in [0.25, 0.3) is 0 Å². The molecule has 0 radical (unpaired) electrons. The smallest absolute Gasteiger partial charge is 0.244 e. The molecular weight excluding hydrogens is 350 g/mol. The summed E-state index contributed by atoms with van der Waals surface area (Å²) in [6, 6.07) is 15.2. The van der Waals surface area contributed by atoms with E-state index in [-0.39, 0.29) is 11.9 Å². The molecular formula is C17H15BrClNO. The van der Waals surface area contributed by atoms with Crippen molar-refractivity contribution >= 4 is 39.5 Å². The molecule has 1 unspecified atom stereocenters. The SMILES string of the molecule is CC(NC(=O)C=Cc1ccc(Cl)cc1)c1ccc(Br)cc1. The number of amides is 1. The lowest BCUT2D eigenvalue weighted by Gasteiger charge is -2.12. The third kappa shape index (κ3) is 5.03. The minimum Gasteiger partial charge on any atom is -0.346 e. The van der Waals surface area contributed by atoms with Gasteiger partial charge in [-0.25, -0.2) is 0 Å². The minimum atomic E-state index is -0.125. The summed E-state index contributed by atoms with van der Waals surface area (Å²) < 4.78 is 1.02. The van der Waals surface area contributed by atoms with E-state index in [0.717, 1.165) is 15.6 Å². The van der Waals surface area contributed by atoms with Crippen molar-refractivity contribution in [3.05, 3.63) is 75.2 Å². The van der Waals surface area contributed by atoms with E-state index in [9.17, 15) is 4.79 Å². The number of hydrogen-bond acceptors (Lipinski definition) is 1. The van der Waals surface area contributed by atoms with Gasteiger partial charge >= 0.3 is 0 Å². The molecule has 1 N–H and O–H groups in total. The molecule has 2 aromatic rings. The van der Waals surface area contributed by atoms with Crippen LogP contribution in [0.3, 0.4) is 0 Å². The zero-order valence-electron chi connectivity index (χ0n) is 11.5. The molecule has 0 saturated carbocycles. The van der Waals surface area contributed by atoms with Gasteiger partial charge in [0.05, 0.1) is 6.04 Å². The minimum absolute atomic E-state index is 0.0412. The Balaban J connectivity index is 1.94. The standard InChI is InChI=1S/C17H15BrClNO/c1-12(14-5-7-15(18)8-6-14)20-17(21)11-4-13-2-9-16(19)10-3-13/h2-12H,1H3,(H,20,21). The van der Waals surface area contributed by atoms with Crippen molar-refractivity contribution in [1.29, 1.82) is 0 Å². The third-order valence-corrected chi connectivity index (χ3v) is 3.81. The Morgan fingerprint density at radius 3 is 2.38 bits per heavy atom. The van der Waals surface area contributed by atoms with Crippen LogP contribution in [0, 0.1) is 0 Å². The first-order valence-electron chi connectivity index (χ1n) is 6.54. The van der Waals surface area contributed by atoms with E-state index in [0.29, 0.717) is 5.02 Å². The number of halogens is 2. The van der Waals surface area contributed by atoms with E-state index in [4.69, 9.17) is 11.6 Å². The van der Waals surface area contributed by atoms with Crippen LogP contribution in [0.5, 0.6) is 0 Å². The highest BCUT2D eigenvalue weighted by molar-refractivity contribution is 9.10. The predicted octanol–water partition coefficient (Wildman–Crippen LogP) is 4.99. The summed E-state index contributed by atoms with van der Waals surface area (Å²) >= 11 is 9.21. The summed E-state index contributed by atoms with van der Waals surface area (Å²) in [4.78, 5) is 11.9. The molecule has 108 valence electrons. The van der Waals surface area contributed by atoms with Gasteiger partial charge in [0, 0.05) is 15.6 Å². The van der Waals surface area contributed by atoms with Gasteiger partial charge in [-0.15, -0.1) is 0 Å². The number of benzene rings is 2. The van der Waals surface area contributed by atoms with E-state index < -0.39 is 0 Å². The molecule has 4 heteroatoms. The second kappa shape index (κ2) is 7.43. The normalized spacial score (nSPS) is 12.3. The zero-order valence-corrected chi connectivity index (χ0v) is 13.9. The second-order valence-electron chi connectivity index (χ2n) is 4.67. The van der Waals surface area contributed by atoms with Crippen LogP contribution in [0.25, 0.3) is 6.08 Å². The number of carbonyl (C=O) groups excluding carboxylic acids is 1. The number of hydrogen-bond donors (Lipinski definition) is 1. The summed E-state index contributed by atoms with van der Waals surface area (Å²) in [5.74, 6) is -0.125. The van der Waals surface area contributed by atoms with E-state index >= 15 is 0 Å². The fraction of sp³-hybridized carbons (Fsp3) is 0.118. The first-order chi connectivity index (χ1) is 10.0. The summed E-state index contributed by atoms with van der Waals surface area (Å²) in [5, 5.41) is 3.61. The molecule has 0 aliphatic heterocycles. The van der Waals surface area contributed by atoms with E-state index in [1.807, 2.05) is 43.3 Å². The first-order valence-corrected chi connectivity index (χ1v) is 7.71. The number of carbonyl (C=O) groups is 1. The van der Waals surface area contributed by atoms with Crippen LogP contribution < -0.4 is 5.32 Å². The summed E-state index contributed by atoms with van der Waals surface area (Å²) in [6.07, 6.45) is 3.29. The van der Waals surface area contributed by atoms with Crippen LogP contribution >= 0.6 is 27.5 Å². The maximum absolute atomic E-state index is 11.9. The Hall–Kier alpha value is -1.58. The van der Waals surface area contributed by atoms with Gasteiger partial charge in [0.15, 0.2) is 0 Å². The Kier molecular flexibility index (Phi) is 5.59. The van der Waals surface area contributed by atoms with Crippen molar-refractivity contribution in [3.8, 4) is 0 Å². The third-order valence-electron chi connectivity index (χ3n) is 3.03. The fourth-order valence-corrected chi connectivity index (χ4v) is 2.23. The summed E-state index contributed by atoms with van der Waals surface area (Å²) in [6.45, 7) is 1.96. The number of nitrogens with one attached hydrogen (secondary N) is 1. The molecule has 0 heterocycles. The highest BCUT2D eigenvalue weighted by Crippen LogP contribution is 2.16. The average molecular weight is 365 g/mol. The molecule has 0 aromatic heterocycles. The molecule has 0 spiro atoms. The summed E-state index contributed by atoms with van der Waals surface area (Å²) in [7, 11) is 0. The van der Waals surface area contributed by atoms with Crippen LogP contribution in [0.1, 0.15) is 24.1 Å². The maximum Gasteiger partial charge on any atom is 0.244 e. The van der Waals surface area contributed by atoms with Gasteiger partial charge in [0.1, 0.15) is 0 Å². The van der Waals surface area contributed by atoms with Crippen LogP contribution in [-0.4, -0.2) is 5.91 Å². The Labute approximate surface area is 138 Å². The van der Waals surface area contributed by atoms with Crippen molar-refractivity contribution in [2.45, 2.75) is 13.0 Å². The van der Waals surface area contributed by atoms with Crippen LogP contribution in [0.15, 0.2) is 59.1 Å². The van der Waals surface area contributed by atoms with Gasteiger partial charge in [-0.05, 0) is 48.4 Å². The molecule has 0 saturated heterocycles. The quantitative estimate of drug-likeness (QED) is 0.761. The molecule has 0 bridgehead atoms. The van der Waals surface area contributed by atoms with E-state index in [2.05, 4.69) is 21.2 Å². The number of rotatable bonds is 4. The predicted molar refractivity (Wildman–Crippen MR) is 91.2 cm³/mol. The van der Waals surface area contributed by atoms with Crippen molar-refractivity contribution in [1.82, 2.24) is 5.32 Å². The van der Waals surface area contributed by atoms with Crippen LogP contribution in [0.2, 0.25) is 5.02 Å². The van der Waals surface area contributed by atoms with E-state index in [1.165, 1.54) is 6.08 Å². The van der Waals surface area contributed by atoms with Crippen molar-refractivity contribution in [2.24, 2.45) is 0 Å². The van der Waals surface area contributed by atoms with Gasteiger partial charge in [-0.3, -0.25) is 4.79 Å². The molecule has 2 aromatic carbocycles. The average Bonchev–Trinajstić information content (AvgIpc) is 2.47. The van der Waals surface area contributed by atoms with Crippen molar-refractivity contribution in [3.63, 3.8) is 0 Å². The highest BCUT2D eigenvalue weighted by atomic mass is 79.9. The molecule has 2 rings (SSSR count). The summed E-state index contributed by atoms with van der Waals surface area (Å²) in [5.41, 5.74) is 2.00. The van der Waals surface area contributed by atoms with E-state index in [1.54, 1.807) is 18.2 Å². The van der Waals surface area contributed by atoms with Crippen molar-refractivity contribution in [2.75, 3.05) is 0 Å². The lowest BCUT2D eigenvalue weighted by Crippen LogP contribution is -2.24. The molecule has 1 atom stereocenters. The lowest BCUT2D eigenvalue weighted by atomic mass is 10.1. The van der Waals surface area contributed by atoms with Crippen molar-refractivity contribution < 1.29 is 4.79 Å². The van der Waals surface area contributed by atoms with Gasteiger partial charge in [0.2, 0.25) is 5.91 Å². The highest BCUT2D eigenvalue weighted by Gasteiger charge is 2.06. The zero-order chi connectivity index (χ0) is 15.2.